The molecule has 4 aliphatic carbocycles. The van der Waals surface area contributed by atoms with Gasteiger partial charge in [0, 0.05) is 23.7 Å². The fourth-order valence-electron chi connectivity index (χ4n) is 9.19. The second kappa shape index (κ2) is 9.93. The molecule has 0 radical (unpaired) electrons. The Bertz CT molecular complexity index is 1960. The Morgan fingerprint density at radius 1 is 0.614 bits per heavy atom. The predicted octanol–water partition coefficient (Wildman–Crippen LogP) is 11.9. The molecule has 0 heterocycles. The summed E-state index contributed by atoms with van der Waals surface area (Å²) < 4.78 is 0. The third-order valence-electron chi connectivity index (χ3n) is 10.8. The summed E-state index contributed by atoms with van der Waals surface area (Å²) in [5, 5.41) is 0. The summed E-state index contributed by atoms with van der Waals surface area (Å²) in [6.45, 7) is 14.4. The quantitative estimate of drug-likeness (QED) is 0.229. The molecule has 4 aliphatic rings. The van der Waals surface area contributed by atoms with E-state index in [-0.39, 0.29) is 17.3 Å². The van der Waals surface area contributed by atoms with Crippen LogP contribution in [0.1, 0.15) is 122 Å². The number of hydrogen-bond donors (Lipinski definition) is 0. The molecule has 4 aromatic rings. The van der Waals surface area contributed by atoms with Crippen LogP contribution in [-0.2, 0) is 0 Å². The minimum atomic E-state index is -0.0298. The highest BCUT2D eigenvalue weighted by Crippen LogP contribution is 2.64. The molecule has 0 bridgehead atoms. The summed E-state index contributed by atoms with van der Waals surface area (Å²) in [6.07, 6.45) is 8.56. The van der Waals surface area contributed by atoms with Crippen LogP contribution in [0.5, 0.6) is 0 Å². The van der Waals surface area contributed by atoms with Crippen molar-refractivity contribution in [3.8, 4) is 0 Å². The largest absolute Gasteiger partial charge is 0.0725 e. The SMILES string of the molecule is CCC1=Cc2ccccc2C1C1=C(C(C)(C)C)c2c(C3C(C)=Cc4ccccc43)cccc2C1C1C=C(C)c2ccccc21. The second-order valence-corrected chi connectivity index (χ2v) is 14.4. The molecule has 0 nitrogen and oxygen atoms in total. The van der Waals surface area contributed by atoms with Crippen LogP contribution in [0, 0.1) is 5.41 Å². The lowest BCUT2D eigenvalue weighted by molar-refractivity contribution is 0.557. The highest BCUT2D eigenvalue weighted by molar-refractivity contribution is 5.90. The molecule has 0 fully saturated rings. The van der Waals surface area contributed by atoms with Gasteiger partial charge in [0.1, 0.15) is 0 Å². The Kier molecular flexibility index (Phi) is 6.18. The normalized spacial score (nSPS) is 23.2. The fraction of sp³-hybridized carbons (Fsp3) is 0.273. The smallest absolute Gasteiger partial charge is 0.0311 e. The Hall–Kier alpha value is -4.16. The summed E-state index contributed by atoms with van der Waals surface area (Å²) in [4.78, 5) is 0. The van der Waals surface area contributed by atoms with E-state index in [2.05, 4.69) is 151 Å². The lowest BCUT2D eigenvalue weighted by atomic mass is 9.70. The summed E-state index contributed by atoms with van der Waals surface area (Å²) in [5.41, 5.74) is 20.7. The van der Waals surface area contributed by atoms with Gasteiger partial charge in [0.05, 0.1) is 0 Å². The number of benzene rings is 4. The Morgan fingerprint density at radius 2 is 1.20 bits per heavy atom. The van der Waals surface area contributed by atoms with Crippen LogP contribution in [0.3, 0.4) is 0 Å². The van der Waals surface area contributed by atoms with E-state index in [9.17, 15) is 0 Å². The monoisotopic (exact) mass is 570 g/mol. The van der Waals surface area contributed by atoms with Crippen LogP contribution in [0.4, 0.5) is 0 Å². The highest BCUT2D eigenvalue weighted by Gasteiger charge is 2.47. The molecule has 8 rings (SSSR count). The van der Waals surface area contributed by atoms with Crippen LogP contribution in [-0.4, -0.2) is 0 Å². The van der Waals surface area contributed by atoms with Gasteiger partial charge in [0.2, 0.25) is 0 Å². The van der Waals surface area contributed by atoms with Gasteiger partial charge < -0.3 is 0 Å². The van der Waals surface area contributed by atoms with E-state index >= 15 is 0 Å². The van der Waals surface area contributed by atoms with Crippen molar-refractivity contribution in [1.82, 2.24) is 0 Å². The summed E-state index contributed by atoms with van der Waals surface area (Å²) in [7, 11) is 0. The molecule has 0 aliphatic heterocycles. The zero-order valence-electron chi connectivity index (χ0n) is 26.9. The molecule has 0 N–H and O–H groups in total. The van der Waals surface area contributed by atoms with Crippen molar-refractivity contribution in [2.24, 2.45) is 5.41 Å². The van der Waals surface area contributed by atoms with Crippen LogP contribution in [0.25, 0.3) is 23.3 Å². The molecule has 0 heteroatoms. The number of fused-ring (bicyclic) bond motifs is 4. The van der Waals surface area contributed by atoms with Gasteiger partial charge in [-0.05, 0) is 92.5 Å². The molecule has 0 saturated heterocycles. The van der Waals surface area contributed by atoms with Crippen molar-refractivity contribution in [3.63, 3.8) is 0 Å². The average molecular weight is 571 g/mol. The molecule has 0 amide bonds. The Balaban J connectivity index is 1.46. The molecule has 0 saturated carbocycles. The van der Waals surface area contributed by atoms with E-state index in [0.29, 0.717) is 11.8 Å². The second-order valence-electron chi connectivity index (χ2n) is 14.4. The summed E-state index contributed by atoms with van der Waals surface area (Å²) in [6, 6.07) is 34.6. The molecular formula is C44H42. The van der Waals surface area contributed by atoms with Crippen LogP contribution in [0.2, 0.25) is 0 Å². The lowest BCUT2D eigenvalue weighted by Gasteiger charge is -2.32. The van der Waals surface area contributed by atoms with Gasteiger partial charge in [-0.1, -0.05) is 148 Å². The first kappa shape index (κ1) is 27.4. The van der Waals surface area contributed by atoms with Gasteiger partial charge in [-0.15, -0.1) is 0 Å². The van der Waals surface area contributed by atoms with Crippen molar-refractivity contribution in [1.29, 1.82) is 0 Å². The third-order valence-corrected chi connectivity index (χ3v) is 10.8. The van der Waals surface area contributed by atoms with Crippen LogP contribution >= 0.6 is 0 Å². The highest BCUT2D eigenvalue weighted by atomic mass is 14.5. The molecule has 218 valence electrons. The van der Waals surface area contributed by atoms with E-state index in [0.717, 1.165) is 6.42 Å². The maximum atomic E-state index is 2.59. The number of hydrogen-bond acceptors (Lipinski definition) is 0. The van der Waals surface area contributed by atoms with Crippen molar-refractivity contribution in [2.45, 2.75) is 71.6 Å². The van der Waals surface area contributed by atoms with Crippen molar-refractivity contribution < 1.29 is 0 Å². The first-order valence-electron chi connectivity index (χ1n) is 16.5. The van der Waals surface area contributed by atoms with E-state index < -0.39 is 0 Å². The fourth-order valence-corrected chi connectivity index (χ4v) is 9.19. The minimum Gasteiger partial charge on any atom is -0.0725 e. The molecule has 4 atom stereocenters. The van der Waals surface area contributed by atoms with Gasteiger partial charge in [0.15, 0.2) is 0 Å². The molecule has 4 aromatic carbocycles. The van der Waals surface area contributed by atoms with Crippen LogP contribution < -0.4 is 0 Å². The van der Waals surface area contributed by atoms with Gasteiger partial charge in [-0.25, -0.2) is 0 Å². The van der Waals surface area contributed by atoms with Gasteiger partial charge in [0.25, 0.3) is 0 Å². The van der Waals surface area contributed by atoms with Crippen molar-refractivity contribution in [3.05, 3.63) is 164 Å². The van der Waals surface area contributed by atoms with E-state index in [1.165, 1.54) is 61.2 Å². The zero-order valence-corrected chi connectivity index (χ0v) is 26.9. The molecule has 0 spiro atoms. The van der Waals surface area contributed by atoms with Gasteiger partial charge >= 0.3 is 0 Å². The summed E-state index contributed by atoms with van der Waals surface area (Å²) in [5.74, 6) is 1.17. The van der Waals surface area contributed by atoms with E-state index in [4.69, 9.17) is 0 Å². The topological polar surface area (TPSA) is 0 Å². The van der Waals surface area contributed by atoms with Crippen LogP contribution in [0.15, 0.2) is 114 Å². The standard InChI is InChI=1S/C44H42/c1-7-28-25-30-16-9-11-19-33(30)39(28)42-40(37-24-26(2)31-17-12-13-20-34(31)37)36-22-14-21-35(41(36)43(42)44(4,5)6)38-27(3)23-29-15-8-10-18-32(29)38/h8-25,37-40H,7H2,1-6H3. The summed E-state index contributed by atoms with van der Waals surface area (Å²) >= 11 is 0. The maximum absolute atomic E-state index is 2.59. The first-order valence-corrected chi connectivity index (χ1v) is 16.5. The zero-order chi connectivity index (χ0) is 30.3. The molecule has 44 heavy (non-hydrogen) atoms. The third kappa shape index (κ3) is 3.89. The van der Waals surface area contributed by atoms with Crippen molar-refractivity contribution in [2.75, 3.05) is 0 Å². The lowest BCUT2D eigenvalue weighted by Crippen LogP contribution is -2.17. The molecule has 0 aromatic heterocycles. The van der Waals surface area contributed by atoms with Gasteiger partial charge in [-0.3, -0.25) is 0 Å². The van der Waals surface area contributed by atoms with E-state index in [1.807, 2.05) is 0 Å². The first-order chi connectivity index (χ1) is 21.3. The Labute approximate surface area is 263 Å². The van der Waals surface area contributed by atoms with E-state index in [1.54, 1.807) is 16.7 Å². The van der Waals surface area contributed by atoms with Gasteiger partial charge in [-0.2, -0.15) is 0 Å². The Morgan fingerprint density at radius 3 is 1.91 bits per heavy atom. The maximum Gasteiger partial charge on any atom is 0.0311 e. The average Bonchev–Trinajstić information content (AvgIpc) is 3.74. The predicted molar refractivity (Wildman–Crippen MR) is 188 cm³/mol. The number of allylic oxidation sites excluding steroid dienone is 6. The van der Waals surface area contributed by atoms with Crippen molar-refractivity contribution >= 4 is 23.3 Å². The number of rotatable bonds is 4. The minimum absolute atomic E-state index is 0.0298. The molecule has 4 unspecified atom stereocenters. The molecular weight excluding hydrogens is 528 g/mol.